The van der Waals surface area contributed by atoms with Crippen molar-refractivity contribution in [1.82, 2.24) is 15.5 Å². The molecule has 0 aliphatic rings. The maximum atomic E-state index is 12.1. The van der Waals surface area contributed by atoms with Gasteiger partial charge in [-0.15, -0.1) is 10.2 Å². The fraction of sp³-hybridized carbons (Fsp3) is 0.150. The summed E-state index contributed by atoms with van der Waals surface area (Å²) < 4.78 is 0. The molecule has 0 saturated heterocycles. The Morgan fingerprint density at radius 2 is 1.65 bits per heavy atom. The lowest BCUT2D eigenvalue weighted by atomic mass is 10.1. The van der Waals surface area contributed by atoms with Crippen LogP contribution in [0.15, 0.2) is 66.7 Å². The zero-order valence-electron chi connectivity index (χ0n) is 14.2. The molecular weight excluding hydrogens is 348 g/mol. The molecule has 2 N–H and O–H groups in total. The van der Waals surface area contributed by atoms with Gasteiger partial charge in [-0.25, -0.2) is 0 Å². The third-order valence-electron chi connectivity index (χ3n) is 3.83. The number of carbonyl (C=O) groups excluding carboxylic acids is 1. The van der Waals surface area contributed by atoms with Crippen LogP contribution in [-0.4, -0.2) is 22.6 Å². The van der Waals surface area contributed by atoms with Gasteiger partial charge in [0.15, 0.2) is 5.69 Å². The summed E-state index contributed by atoms with van der Waals surface area (Å²) in [6.45, 7) is 1.16. The Kier molecular flexibility index (Phi) is 6.17. The van der Waals surface area contributed by atoms with Gasteiger partial charge in [-0.05, 0) is 41.8 Å². The van der Waals surface area contributed by atoms with Crippen LogP contribution >= 0.6 is 11.6 Å². The smallest absolute Gasteiger partial charge is 0.272 e. The highest BCUT2D eigenvalue weighted by Gasteiger charge is 2.08. The van der Waals surface area contributed by atoms with Crippen LogP contribution in [0.2, 0.25) is 5.02 Å². The molecule has 3 aromatic rings. The van der Waals surface area contributed by atoms with Crippen molar-refractivity contribution < 1.29 is 4.79 Å². The molecule has 1 aromatic heterocycles. The van der Waals surface area contributed by atoms with Gasteiger partial charge < -0.3 is 10.6 Å². The minimum atomic E-state index is -0.261. The average molecular weight is 367 g/mol. The zero-order chi connectivity index (χ0) is 18.2. The highest BCUT2D eigenvalue weighted by molar-refractivity contribution is 6.30. The highest BCUT2D eigenvalue weighted by atomic mass is 35.5. The van der Waals surface area contributed by atoms with E-state index in [4.69, 9.17) is 11.6 Å². The van der Waals surface area contributed by atoms with E-state index in [1.807, 2.05) is 30.3 Å². The van der Waals surface area contributed by atoms with Gasteiger partial charge >= 0.3 is 0 Å². The molecule has 0 saturated carbocycles. The van der Waals surface area contributed by atoms with E-state index in [1.54, 1.807) is 24.3 Å². The second kappa shape index (κ2) is 8.97. The quantitative estimate of drug-likeness (QED) is 0.668. The van der Waals surface area contributed by atoms with E-state index in [1.165, 1.54) is 5.56 Å². The Labute approximate surface area is 157 Å². The summed E-state index contributed by atoms with van der Waals surface area (Å²) in [5, 5.41) is 14.7. The average Bonchev–Trinajstić information content (AvgIpc) is 2.69. The molecule has 0 unspecified atom stereocenters. The minimum absolute atomic E-state index is 0.261. The van der Waals surface area contributed by atoms with Crippen LogP contribution < -0.4 is 10.6 Å². The van der Waals surface area contributed by atoms with Gasteiger partial charge in [-0.2, -0.15) is 0 Å². The van der Waals surface area contributed by atoms with E-state index < -0.39 is 0 Å². The molecule has 1 heterocycles. The van der Waals surface area contributed by atoms with Crippen molar-refractivity contribution in [2.75, 3.05) is 11.9 Å². The lowest BCUT2D eigenvalue weighted by Crippen LogP contribution is -2.24. The van der Waals surface area contributed by atoms with Crippen LogP contribution in [0.1, 0.15) is 21.6 Å². The molecule has 0 radical (unpaired) electrons. The Morgan fingerprint density at radius 1 is 0.885 bits per heavy atom. The van der Waals surface area contributed by atoms with Crippen LogP contribution in [0, 0.1) is 0 Å². The first-order valence-electron chi connectivity index (χ1n) is 8.35. The number of nitrogens with zero attached hydrogens (tertiary/aromatic N) is 2. The number of hydrogen-bond donors (Lipinski definition) is 2. The summed E-state index contributed by atoms with van der Waals surface area (Å²) in [6, 6.07) is 20.9. The Balaban J connectivity index is 1.47. The van der Waals surface area contributed by atoms with Gasteiger partial charge in [0.25, 0.3) is 5.91 Å². The van der Waals surface area contributed by atoms with Gasteiger partial charge in [0, 0.05) is 18.1 Å². The Morgan fingerprint density at radius 3 is 2.35 bits per heavy atom. The molecule has 5 nitrogen and oxygen atoms in total. The van der Waals surface area contributed by atoms with Gasteiger partial charge in [-0.1, -0.05) is 54.1 Å². The number of hydrogen-bond acceptors (Lipinski definition) is 4. The molecule has 1 amide bonds. The summed E-state index contributed by atoms with van der Waals surface area (Å²) >= 11 is 5.84. The van der Waals surface area contributed by atoms with E-state index in [0.29, 0.717) is 17.4 Å². The van der Waals surface area contributed by atoms with Gasteiger partial charge in [0.2, 0.25) is 0 Å². The van der Waals surface area contributed by atoms with Crippen molar-refractivity contribution in [1.29, 1.82) is 0 Å². The van der Waals surface area contributed by atoms with Crippen molar-refractivity contribution >= 4 is 23.3 Å². The summed E-state index contributed by atoms with van der Waals surface area (Å²) in [7, 11) is 0. The molecule has 0 bridgehead atoms. The van der Waals surface area contributed by atoms with Gasteiger partial charge in [0.05, 0.1) is 0 Å². The highest BCUT2D eigenvalue weighted by Crippen LogP contribution is 2.09. The Bertz CT molecular complexity index is 836. The van der Waals surface area contributed by atoms with Crippen molar-refractivity contribution in [2.24, 2.45) is 0 Å². The van der Waals surface area contributed by atoms with Crippen LogP contribution in [0.4, 0.5) is 5.82 Å². The predicted octanol–water partition coefficient (Wildman–Crippen LogP) is 3.71. The van der Waals surface area contributed by atoms with E-state index in [9.17, 15) is 4.79 Å². The Hall–Kier alpha value is -2.92. The topological polar surface area (TPSA) is 66.9 Å². The molecule has 132 valence electrons. The first kappa shape index (κ1) is 17.9. The molecule has 3 rings (SSSR count). The van der Waals surface area contributed by atoms with E-state index in [0.717, 1.165) is 18.5 Å². The number of rotatable bonds is 7. The SMILES string of the molecule is O=C(NCc1ccc(Cl)cc1)c1ccc(NCCc2ccccc2)nn1. The fourth-order valence-electron chi connectivity index (χ4n) is 2.40. The molecule has 0 fully saturated rings. The molecule has 2 aromatic carbocycles. The second-order valence-corrected chi connectivity index (χ2v) is 6.21. The number of anilines is 1. The largest absolute Gasteiger partial charge is 0.368 e. The van der Waals surface area contributed by atoms with E-state index in [2.05, 4.69) is 33.0 Å². The number of carbonyl (C=O) groups is 1. The first-order valence-corrected chi connectivity index (χ1v) is 8.73. The standard InChI is InChI=1S/C20H19ClN4O/c21-17-8-6-16(7-9-17)14-23-20(26)18-10-11-19(25-24-18)22-13-12-15-4-2-1-3-5-15/h1-11H,12-14H2,(H,22,25)(H,23,26). The molecule has 26 heavy (non-hydrogen) atoms. The predicted molar refractivity (Wildman–Crippen MR) is 103 cm³/mol. The lowest BCUT2D eigenvalue weighted by Gasteiger charge is -2.07. The number of aromatic nitrogens is 2. The van der Waals surface area contributed by atoms with Crippen molar-refractivity contribution in [3.05, 3.63) is 88.6 Å². The summed E-state index contributed by atoms with van der Waals surface area (Å²) in [6.07, 6.45) is 0.895. The van der Waals surface area contributed by atoms with Gasteiger partial charge in [-0.3, -0.25) is 4.79 Å². The third-order valence-corrected chi connectivity index (χ3v) is 4.08. The summed E-state index contributed by atoms with van der Waals surface area (Å²) in [5.41, 5.74) is 2.51. The molecule has 0 aliphatic carbocycles. The fourth-order valence-corrected chi connectivity index (χ4v) is 2.53. The van der Waals surface area contributed by atoms with Crippen molar-refractivity contribution in [3.8, 4) is 0 Å². The van der Waals surface area contributed by atoms with Crippen LogP contribution in [0.3, 0.4) is 0 Å². The van der Waals surface area contributed by atoms with Crippen molar-refractivity contribution in [2.45, 2.75) is 13.0 Å². The molecule has 6 heteroatoms. The summed E-state index contributed by atoms with van der Waals surface area (Å²) in [5.74, 6) is 0.387. The number of nitrogens with one attached hydrogen (secondary N) is 2. The second-order valence-electron chi connectivity index (χ2n) is 5.78. The minimum Gasteiger partial charge on any atom is -0.368 e. The lowest BCUT2D eigenvalue weighted by molar-refractivity contribution is 0.0945. The van der Waals surface area contributed by atoms with Gasteiger partial charge in [0.1, 0.15) is 5.82 Å². The number of halogens is 1. The van der Waals surface area contributed by atoms with Crippen LogP contribution in [0.5, 0.6) is 0 Å². The van der Waals surface area contributed by atoms with E-state index in [-0.39, 0.29) is 11.6 Å². The maximum Gasteiger partial charge on any atom is 0.272 e. The molecule has 0 spiro atoms. The zero-order valence-corrected chi connectivity index (χ0v) is 14.9. The summed E-state index contributed by atoms with van der Waals surface area (Å²) in [4.78, 5) is 12.1. The van der Waals surface area contributed by atoms with Crippen LogP contribution in [0.25, 0.3) is 0 Å². The first-order chi connectivity index (χ1) is 12.7. The number of benzene rings is 2. The molecular formula is C20H19ClN4O. The van der Waals surface area contributed by atoms with Crippen molar-refractivity contribution in [3.63, 3.8) is 0 Å². The van der Waals surface area contributed by atoms with Crippen LogP contribution in [-0.2, 0) is 13.0 Å². The molecule has 0 atom stereocenters. The normalized spacial score (nSPS) is 10.3. The third kappa shape index (κ3) is 5.29. The monoisotopic (exact) mass is 366 g/mol. The van der Waals surface area contributed by atoms with E-state index >= 15 is 0 Å². The number of amides is 1. The molecule has 0 aliphatic heterocycles. The maximum absolute atomic E-state index is 12.1.